The molecule has 0 fully saturated rings. The summed E-state index contributed by atoms with van der Waals surface area (Å²) in [5.74, 6) is -0.770. The minimum Gasteiger partial charge on any atom is -0.508 e. The molecule has 3 aromatic rings. The van der Waals surface area contributed by atoms with Gasteiger partial charge >= 0.3 is 5.97 Å². The van der Waals surface area contributed by atoms with Gasteiger partial charge in [-0.3, -0.25) is 9.59 Å². The lowest BCUT2D eigenvalue weighted by Crippen LogP contribution is -2.37. The van der Waals surface area contributed by atoms with Gasteiger partial charge in [-0.15, -0.1) is 0 Å². The maximum atomic E-state index is 12.1. The predicted octanol–water partition coefficient (Wildman–Crippen LogP) is 3.18. The quantitative estimate of drug-likeness (QED) is 0.527. The summed E-state index contributed by atoms with van der Waals surface area (Å²) in [6.45, 7) is 5.72. The number of furan rings is 1. The molecule has 1 amide bonds. The van der Waals surface area contributed by atoms with Gasteiger partial charge in [0.2, 0.25) is 0 Å². The number of anilines is 1. The number of amides is 1. The Kier molecular flexibility index (Phi) is 6.95. The zero-order valence-electron chi connectivity index (χ0n) is 17.2. The first-order chi connectivity index (χ1) is 14.5. The number of rotatable bonds is 9. The maximum Gasteiger partial charge on any atom is 0.310 e. The summed E-state index contributed by atoms with van der Waals surface area (Å²) in [6, 6.07) is 12.9. The van der Waals surface area contributed by atoms with E-state index in [0.717, 1.165) is 17.6 Å². The number of likely N-dealkylation sites (N-methyl/N-ethyl adjacent to an activating group) is 1. The molecule has 0 unspecified atom stereocenters. The summed E-state index contributed by atoms with van der Waals surface area (Å²) in [7, 11) is 0. The Morgan fingerprint density at radius 2 is 2.03 bits per heavy atom. The van der Waals surface area contributed by atoms with Crippen LogP contribution >= 0.6 is 0 Å². The number of carbonyl (C=O) groups is 2. The minimum atomic E-state index is -0.518. The highest BCUT2D eigenvalue weighted by atomic mass is 16.5. The molecule has 3 rings (SSSR count). The third-order valence-corrected chi connectivity index (χ3v) is 4.79. The molecule has 0 atom stereocenters. The van der Waals surface area contributed by atoms with Crippen molar-refractivity contribution in [3.63, 3.8) is 0 Å². The Morgan fingerprint density at radius 1 is 1.20 bits per heavy atom. The number of aryl methyl sites for hydroxylation is 1. The van der Waals surface area contributed by atoms with Crippen LogP contribution in [0.5, 0.6) is 5.75 Å². The number of carbonyl (C=O) groups excluding carboxylic acids is 2. The van der Waals surface area contributed by atoms with Gasteiger partial charge in [0.1, 0.15) is 11.3 Å². The lowest BCUT2D eigenvalue weighted by molar-refractivity contribution is -0.147. The van der Waals surface area contributed by atoms with Crippen LogP contribution in [0.15, 0.2) is 53.1 Å². The van der Waals surface area contributed by atoms with Crippen LogP contribution in [0.2, 0.25) is 0 Å². The predicted molar refractivity (Wildman–Crippen MR) is 115 cm³/mol. The molecule has 158 valence electrons. The average Bonchev–Trinajstić information content (AvgIpc) is 3.11. The zero-order valence-corrected chi connectivity index (χ0v) is 17.2. The van der Waals surface area contributed by atoms with E-state index in [1.165, 1.54) is 24.0 Å². The molecule has 2 N–H and O–H groups in total. The molecular weight excluding hydrogens is 384 g/mol. The van der Waals surface area contributed by atoms with Crippen LogP contribution in [0.1, 0.15) is 18.1 Å². The van der Waals surface area contributed by atoms with E-state index in [1.54, 1.807) is 6.07 Å². The molecule has 0 aliphatic carbocycles. The molecule has 0 bridgehead atoms. The van der Waals surface area contributed by atoms with E-state index >= 15 is 0 Å². The molecule has 2 aromatic carbocycles. The molecule has 7 nitrogen and oxygen atoms in total. The monoisotopic (exact) mass is 410 g/mol. The number of phenols is 1. The second-order valence-corrected chi connectivity index (χ2v) is 7.05. The molecule has 0 saturated heterocycles. The van der Waals surface area contributed by atoms with Crippen molar-refractivity contribution in [2.75, 3.05) is 31.1 Å². The number of hydrogen-bond donors (Lipinski definition) is 2. The Labute approximate surface area is 175 Å². The molecule has 1 heterocycles. The Bertz CT molecular complexity index is 1030. The minimum absolute atomic E-state index is 0.0119. The molecular formula is C23H26N2O5. The van der Waals surface area contributed by atoms with Gasteiger partial charge in [-0.2, -0.15) is 0 Å². The van der Waals surface area contributed by atoms with E-state index < -0.39 is 5.97 Å². The van der Waals surface area contributed by atoms with Crippen LogP contribution in [0, 0.1) is 6.92 Å². The fraction of sp³-hybridized carbons (Fsp3) is 0.304. The Morgan fingerprint density at radius 3 is 2.80 bits per heavy atom. The topological polar surface area (TPSA) is 92.0 Å². The maximum absolute atomic E-state index is 12.1. The van der Waals surface area contributed by atoms with Crippen LogP contribution in [0.3, 0.4) is 0 Å². The van der Waals surface area contributed by atoms with Gasteiger partial charge < -0.3 is 24.5 Å². The Hall–Kier alpha value is -3.48. The van der Waals surface area contributed by atoms with Gasteiger partial charge in [-0.1, -0.05) is 12.1 Å². The van der Waals surface area contributed by atoms with Crippen LogP contribution in [0.25, 0.3) is 11.0 Å². The summed E-state index contributed by atoms with van der Waals surface area (Å²) in [6.07, 6.45) is 1.44. The fourth-order valence-corrected chi connectivity index (χ4v) is 3.24. The first-order valence-electron chi connectivity index (χ1n) is 9.89. The summed E-state index contributed by atoms with van der Waals surface area (Å²) in [5, 5.41) is 13.0. The smallest absolute Gasteiger partial charge is 0.310 e. The lowest BCUT2D eigenvalue weighted by atomic mass is 10.1. The van der Waals surface area contributed by atoms with Crippen molar-refractivity contribution in [1.29, 1.82) is 0 Å². The molecule has 0 spiro atoms. The van der Waals surface area contributed by atoms with E-state index in [0.29, 0.717) is 24.2 Å². The van der Waals surface area contributed by atoms with Crippen molar-refractivity contribution >= 4 is 28.5 Å². The molecule has 7 heteroatoms. The average molecular weight is 410 g/mol. The number of fused-ring (bicyclic) bond motifs is 1. The molecule has 1 aromatic heterocycles. The second-order valence-electron chi connectivity index (χ2n) is 7.05. The SMILES string of the molecule is CCN(CCNC(=O)COC(=O)Cc1coc2cc(O)ccc12)c1cccc(C)c1. The van der Waals surface area contributed by atoms with E-state index in [2.05, 4.69) is 23.2 Å². The second kappa shape index (κ2) is 9.82. The number of hydrogen-bond acceptors (Lipinski definition) is 6. The third kappa shape index (κ3) is 5.53. The van der Waals surface area contributed by atoms with Crippen LogP contribution in [-0.4, -0.2) is 43.2 Å². The highest BCUT2D eigenvalue weighted by Gasteiger charge is 2.13. The molecule has 0 aliphatic rings. The highest BCUT2D eigenvalue weighted by molar-refractivity contribution is 5.87. The normalized spacial score (nSPS) is 10.7. The number of ether oxygens (including phenoxy) is 1. The van der Waals surface area contributed by atoms with Crippen molar-refractivity contribution in [3.8, 4) is 5.75 Å². The van der Waals surface area contributed by atoms with Crippen molar-refractivity contribution in [2.24, 2.45) is 0 Å². The summed E-state index contributed by atoms with van der Waals surface area (Å²) < 4.78 is 10.4. The number of phenolic OH excluding ortho intramolecular Hbond substituents is 1. The van der Waals surface area contributed by atoms with Gasteiger partial charge in [0.25, 0.3) is 5.91 Å². The van der Waals surface area contributed by atoms with E-state index in [1.807, 2.05) is 25.1 Å². The number of esters is 1. The lowest BCUT2D eigenvalue weighted by Gasteiger charge is -2.23. The van der Waals surface area contributed by atoms with Crippen LogP contribution in [-0.2, 0) is 20.7 Å². The van der Waals surface area contributed by atoms with E-state index in [4.69, 9.17) is 9.15 Å². The van der Waals surface area contributed by atoms with Gasteiger partial charge in [0, 0.05) is 42.3 Å². The fourth-order valence-electron chi connectivity index (χ4n) is 3.24. The number of aromatic hydroxyl groups is 1. The van der Waals surface area contributed by atoms with E-state index in [-0.39, 0.29) is 24.7 Å². The van der Waals surface area contributed by atoms with Gasteiger partial charge in [0.05, 0.1) is 12.7 Å². The summed E-state index contributed by atoms with van der Waals surface area (Å²) in [5.41, 5.74) is 3.43. The van der Waals surface area contributed by atoms with Gasteiger partial charge in [-0.25, -0.2) is 0 Å². The standard InChI is InChI=1S/C23H26N2O5/c1-3-25(18-6-4-5-16(2)11-18)10-9-24-22(27)15-30-23(28)12-17-14-29-21-13-19(26)7-8-20(17)21/h4-8,11,13-14,26H,3,9-10,12,15H2,1-2H3,(H,24,27). The van der Waals surface area contributed by atoms with Crippen molar-refractivity contribution in [1.82, 2.24) is 5.32 Å². The first-order valence-corrected chi connectivity index (χ1v) is 9.89. The van der Waals surface area contributed by atoms with Crippen molar-refractivity contribution in [2.45, 2.75) is 20.3 Å². The van der Waals surface area contributed by atoms with Crippen LogP contribution < -0.4 is 10.2 Å². The number of nitrogens with zero attached hydrogens (tertiary/aromatic N) is 1. The molecule has 0 radical (unpaired) electrons. The molecule has 0 saturated carbocycles. The molecule has 30 heavy (non-hydrogen) atoms. The van der Waals surface area contributed by atoms with Gasteiger partial charge in [0.15, 0.2) is 6.61 Å². The molecule has 0 aliphatic heterocycles. The van der Waals surface area contributed by atoms with E-state index in [9.17, 15) is 14.7 Å². The third-order valence-electron chi connectivity index (χ3n) is 4.79. The van der Waals surface area contributed by atoms with Crippen LogP contribution in [0.4, 0.5) is 5.69 Å². The van der Waals surface area contributed by atoms with Crippen molar-refractivity contribution < 1.29 is 23.8 Å². The highest BCUT2D eigenvalue weighted by Crippen LogP contribution is 2.25. The zero-order chi connectivity index (χ0) is 21.5. The van der Waals surface area contributed by atoms with Crippen molar-refractivity contribution in [3.05, 3.63) is 59.9 Å². The number of nitrogens with one attached hydrogen (secondary N) is 1. The van der Waals surface area contributed by atoms with Gasteiger partial charge in [-0.05, 0) is 43.7 Å². The Balaban J connectivity index is 1.42. The summed E-state index contributed by atoms with van der Waals surface area (Å²) >= 11 is 0. The largest absolute Gasteiger partial charge is 0.508 e. The summed E-state index contributed by atoms with van der Waals surface area (Å²) in [4.78, 5) is 26.2. The first kappa shape index (κ1) is 21.2. The number of benzene rings is 2.